The summed E-state index contributed by atoms with van der Waals surface area (Å²) in [6.45, 7) is -0.194. The molecule has 0 saturated carbocycles. The monoisotopic (exact) mass is 407 g/mol. The van der Waals surface area contributed by atoms with Gasteiger partial charge in [0.1, 0.15) is 6.54 Å². The summed E-state index contributed by atoms with van der Waals surface area (Å²) in [5.74, 6) is -0.927. The molecular weight excluding hydrogens is 399 g/mol. The Balaban J connectivity index is 3.19. The summed E-state index contributed by atoms with van der Waals surface area (Å²) in [6, 6.07) is 3.40. The lowest BCUT2D eigenvalue weighted by Crippen LogP contribution is -2.38. The van der Waals surface area contributed by atoms with Gasteiger partial charge in [0.2, 0.25) is 0 Å². The van der Waals surface area contributed by atoms with E-state index in [0.29, 0.717) is 4.90 Å². The normalized spacial score (nSPS) is 12.3. The minimum absolute atomic E-state index is 0.118. The molecule has 118 valence electrons. The summed E-state index contributed by atoms with van der Waals surface area (Å²) in [5, 5.41) is 0. The van der Waals surface area contributed by atoms with Crippen molar-refractivity contribution in [3.63, 3.8) is 0 Å². The fourth-order valence-electron chi connectivity index (χ4n) is 1.55. The van der Waals surface area contributed by atoms with Crippen LogP contribution in [0.25, 0.3) is 0 Å². The van der Waals surface area contributed by atoms with E-state index >= 15 is 0 Å². The number of carbonyl (C=O) groups is 1. The maximum atomic E-state index is 12.4. The molecule has 0 N–H and O–H groups in total. The summed E-state index contributed by atoms with van der Waals surface area (Å²) in [6.07, 6.45) is -4.54. The third-order valence-electron chi connectivity index (χ3n) is 2.48. The number of nitrogens with zero attached hydrogens (tertiary/aromatic N) is 1. The lowest BCUT2D eigenvalue weighted by molar-refractivity contribution is -0.140. The summed E-state index contributed by atoms with van der Waals surface area (Å²) < 4.78 is 59.9. The number of amides is 1. The highest BCUT2D eigenvalue weighted by atomic mass is 79.9. The molecule has 0 aromatic heterocycles. The topological polar surface area (TPSA) is 54.5 Å². The van der Waals surface area contributed by atoms with Gasteiger partial charge in [-0.15, -0.1) is 0 Å². The summed E-state index contributed by atoms with van der Waals surface area (Å²) in [4.78, 5) is 12.2. The van der Waals surface area contributed by atoms with Crippen LogP contribution in [0.2, 0.25) is 0 Å². The van der Waals surface area contributed by atoms with Crippen LogP contribution >= 0.6 is 26.6 Å². The van der Waals surface area contributed by atoms with Crippen molar-refractivity contribution in [2.24, 2.45) is 0 Å². The Bertz CT molecular complexity index is 649. The minimum Gasteiger partial charge on any atom is -0.330 e. The minimum atomic E-state index is -4.54. The molecule has 1 aromatic carbocycles. The van der Waals surface area contributed by atoms with Gasteiger partial charge in [-0.3, -0.25) is 4.79 Å². The predicted octanol–water partition coefficient (Wildman–Crippen LogP) is 3.40. The standard InChI is InChI=1S/C11H10BrClF3NO3S/c1-2-17(6-11(14,15)16)10(18)7-3-4-8(12)9(5-7)21(13,19)20/h3-5H,2,6H2,1H3. The molecule has 0 aliphatic heterocycles. The molecule has 0 heterocycles. The number of benzene rings is 1. The average molecular weight is 409 g/mol. The van der Waals surface area contributed by atoms with Gasteiger partial charge < -0.3 is 4.90 Å². The first kappa shape index (κ1) is 18.2. The van der Waals surface area contributed by atoms with Gasteiger partial charge in [-0.2, -0.15) is 13.2 Å². The zero-order valence-corrected chi connectivity index (χ0v) is 13.8. The van der Waals surface area contributed by atoms with Crippen molar-refractivity contribution < 1.29 is 26.4 Å². The first-order valence-corrected chi connectivity index (χ1v) is 8.66. The van der Waals surface area contributed by atoms with Crippen molar-refractivity contribution in [3.05, 3.63) is 28.2 Å². The van der Waals surface area contributed by atoms with E-state index in [9.17, 15) is 26.4 Å². The van der Waals surface area contributed by atoms with Gasteiger partial charge in [-0.1, -0.05) is 0 Å². The molecule has 10 heteroatoms. The first-order valence-electron chi connectivity index (χ1n) is 5.56. The highest BCUT2D eigenvalue weighted by molar-refractivity contribution is 9.10. The zero-order chi connectivity index (χ0) is 16.4. The van der Waals surface area contributed by atoms with Crippen molar-refractivity contribution in [1.82, 2.24) is 4.90 Å². The van der Waals surface area contributed by atoms with Gasteiger partial charge in [0.25, 0.3) is 15.0 Å². The smallest absolute Gasteiger partial charge is 0.330 e. The number of hydrogen-bond acceptors (Lipinski definition) is 3. The summed E-state index contributed by atoms with van der Waals surface area (Å²) in [5.41, 5.74) is -0.191. The van der Waals surface area contributed by atoms with Crippen molar-refractivity contribution in [3.8, 4) is 0 Å². The van der Waals surface area contributed by atoms with Crippen LogP contribution in [0, 0.1) is 0 Å². The van der Waals surface area contributed by atoms with E-state index in [-0.39, 0.29) is 21.5 Å². The van der Waals surface area contributed by atoms with Crippen molar-refractivity contribution in [2.75, 3.05) is 13.1 Å². The maximum absolute atomic E-state index is 12.4. The van der Waals surface area contributed by atoms with E-state index in [1.165, 1.54) is 19.1 Å². The molecule has 0 spiro atoms. The van der Waals surface area contributed by atoms with Crippen LogP contribution in [0.15, 0.2) is 27.6 Å². The zero-order valence-electron chi connectivity index (χ0n) is 10.6. The lowest BCUT2D eigenvalue weighted by atomic mass is 10.2. The van der Waals surface area contributed by atoms with E-state index in [4.69, 9.17) is 10.7 Å². The van der Waals surface area contributed by atoms with Crippen LogP contribution in [0.4, 0.5) is 13.2 Å². The Hall–Kier alpha value is -0.800. The Morgan fingerprint density at radius 2 is 1.95 bits per heavy atom. The quantitative estimate of drug-likeness (QED) is 0.718. The third kappa shape index (κ3) is 5.15. The predicted molar refractivity (Wildman–Crippen MR) is 74.8 cm³/mol. The maximum Gasteiger partial charge on any atom is 0.406 e. The molecule has 1 aromatic rings. The Kier molecular flexibility index (Phi) is 5.68. The molecule has 0 aliphatic rings. The first-order chi connectivity index (χ1) is 9.45. The molecule has 0 aliphatic carbocycles. The van der Waals surface area contributed by atoms with Crippen LogP contribution in [0.1, 0.15) is 17.3 Å². The fraction of sp³-hybridized carbons (Fsp3) is 0.364. The van der Waals surface area contributed by atoms with E-state index < -0.39 is 27.7 Å². The molecule has 0 unspecified atom stereocenters. The van der Waals surface area contributed by atoms with Crippen LogP contribution in [-0.2, 0) is 9.05 Å². The number of halogens is 5. The number of carbonyl (C=O) groups excluding carboxylic acids is 1. The molecular formula is C11H10BrClF3NO3S. The van der Waals surface area contributed by atoms with Gasteiger partial charge >= 0.3 is 6.18 Å². The molecule has 0 saturated heterocycles. The van der Waals surface area contributed by atoms with Crippen LogP contribution in [0.3, 0.4) is 0 Å². The molecule has 1 amide bonds. The lowest BCUT2D eigenvalue weighted by Gasteiger charge is -2.22. The highest BCUT2D eigenvalue weighted by Gasteiger charge is 2.33. The van der Waals surface area contributed by atoms with Gasteiger partial charge in [0.05, 0.1) is 4.90 Å². The molecule has 21 heavy (non-hydrogen) atoms. The fourth-order valence-corrected chi connectivity index (χ4v) is 3.67. The number of hydrogen-bond donors (Lipinski definition) is 0. The van der Waals surface area contributed by atoms with E-state index in [0.717, 1.165) is 6.07 Å². The van der Waals surface area contributed by atoms with Gasteiger partial charge in [-0.25, -0.2) is 8.42 Å². The average Bonchev–Trinajstić information content (AvgIpc) is 2.33. The SMILES string of the molecule is CCN(CC(F)(F)F)C(=O)c1ccc(Br)c(S(=O)(=O)Cl)c1. The van der Waals surface area contributed by atoms with Crippen LogP contribution < -0.4 is 0 Å². The van der Waals surface area contributed by atoms with E-state index in [1.807, 2.05) is 0 Å². The molecule has 1 rings (SSSR count). The molecule has 0 bridgehead atoms. The molecule has 0 atom stereocenters. The number of rotatable bonds is 4. The van der Waals surface area contributed by atoms with Gasteiger partial charge in [-0.05, 0) is 41.1 Å². The van der Waals surface area contributed by atoms with Gasteiger partial charge in [0.15, 0.2) is 0 Å². The van der Waals surface area contributed by atoms with Crippen LogP contribution in [-0.4, -0.2) is 38.5 Å². The largest absolute Gasteiger partial charge is 0.406 e. The highest BCUT2D eigenvalue weighted by Crippen LogP contribution is 2.27. The molecule has 0 radical (unpaired) electrons. The number of alkyl halides is 3. The van der Waals surface area contributed by atoms with E-state index in [2.05, 4.69) is 15.9 Å². The van der Waals surface area contributed by atoms with Crippen molar-refractivity contribution >= 4 is 41.6 Å². The summed E-state index contributed by atoms with van der Waals surface area (Å²) >= 11 is 2.95. The van der Waals surface area contributed by atoms with Crippen LogP contribution in [0.5, 0.6) is 0 Å². The van der Waals surface area contributed by atoms with Crippen molar-refractivity contribution in [1.29, 1.82) is 0 Å². The third-order valence-corrected chi connectivity index (χ3v) is 4.80. The Morgan fingerprint density at radius 3 is 2.38 bits per heavy atom. The second-order valence-electron chi connectivity index (χ2n) is 4.02. The summed E-state index contributed by atoms with van der Waals surface area (Å²) in [7, 11) is 1.07. The van der Waals surface area contributed by atoms with Gasteiger partial charge in [0, 0.05) is 27.3 Å². The Morgan fingerprint density at radius 1 is 1.38 bits per heavy atom. The Labute approximate surface area is 132 Å². The van der Waals surface area contributed by atoms with E-state index in [1.54, 1.807) is 0 Å². The molecule has 4 nitrogen and oxygen atoms in total. The second-order valence-corrected chi connectivity index (χ2v) is 7.41. The second kappa shape index (κ2) is 6.53. The van der Waals surface area contributed by atoms with Crippen molar-refractivity contribution in [2.45, 2.75) is 18.0 Å². The molecule has 0 fully saturated rings.